The van der Waals surface area contributed by atoms with Crippen molar-refractivity contribution in [3.63, 3.8) is 0 Å². The summed E-state index contributed by atoms with van der Waals surface area (Å²) in [7, 11) is 0. The number of hydrogen-bond donors (Lipinski definition) is 1. The predicted octanol–water partition coefficient (Wildman–Crippen LogP) is -0.523. The van der Waals surface area contributed by atoms with Crippen LogP contribution >= 0.6 is 0 Å². The fraction of sp³-hybridized carbons (Fsp3) is 1.00. The molecule has 2 aliphatic rings. The lowest BCUT2D eigenvalue weighted by Gasteiger charge is -2.36. The highest BCUT2D eigenvalue weighted by atomic mass is 16.7. The van der Waals surface area contributed by atoms with E-state index >= 15 is 0 Å². The maximum Gasteiger partial charge on any atom is 0.188 e. The van der Waals surface area contributed by atoms with E-state index in [1.54, 1.807) is 0 Å². The normalized spacial score (nSPS) is 36.3. The van der Waals surface area contributed by atoms with Crippen LogP contribution in [0, 0.1) is 0 Å². The third-order valence-corrected chi connectivity index (χ3v) is 2.23. The summed E-state index contributed by atoms with van der Waals surface area (Å²) in [5.41, 5.74) is 5.80. The molecule has 1 spiro atoms. The molecular weight excluding hydrogens is 146 g/mol. The van der Waals surface area contributed by atoms with Crippen LogP contribution in [0.4, 0.5) is 0 Å². The van der Waals surface area contributed by atoms with Crippen molar-refractivity contribution in [3.8, 4) is 0 Å². The van der Waals surface area contributed by atoms with Gasteiger partial charge in [0.2, 0.25) is 0 Å². The highest BCUT2D eigenvalue weighted by molar-refractivity contribution is 4.88. The minimum absolute atomic E-state index is 0.126. The lowest BCUT2D eigenvalue weighted by atomic mass is 10.0. The van der Waals surface area contributed by atoms with E-state index in [2.05, 4.69) is 0 Å². The number of ether oxygens (including phenoxy) is 3. The molecule has 2 fully saturated rings. The summed E-state index contributed by atoms with van der Waals surface area (Å²) in [5.74, 6) is -0.516. The number of hydrogen-bond acceptors (Lipinski definition) is 4. The molecule has 0 aromatic rings. The Kier molecular flexibility index (Phi) is 1.85. The van der Waals surface area contributed by atoms with E-state index in [-0.39, 0.29) is 6.04 Å². The molecule has 4 heteroatoms. The molecule has 2 heterocycles. The van der Waals surface area contributed by atoms with Gasteiger partial charge in [-0.25, -0.2) is 0 Å². The zero-order valence-corrected chi connectivity index (χ0v) is 6.41. The molecule has 2 aliphatic heterocycles. The van der Waals surface area contributed by atoms with Crippen LogP contribution in [0.25, 0.3) is 0 Å². The molecule has 1 atom stereocenters. The Hall–Kier alpha value is -0.160. The zero-order valence-electron chi connectivity index (χ0n) is 6.41. The van der Waals surface area contributed by atoms with E-state index < -0.39 is 5.79 Å². The Bertz CT molecular complexity index is 145. The summed E-state index contributed by atoms with van der Waals surface area (Å²) in [6, 6.07) is -0.126. The molecule has 2 N–H and O–H groups in total. The van der Waals surface area contributed by atoms with Crippen molar-refractivity contribution in [1.82, 2.24) is 0 Å². The smallest absolute Gasteiger partial charge is 0.188 e. The van der Waals surface area contributed by atoms with Gasteiger partial charge in [0.1, 0.15) is 0 Å². The molecule has 0 aromatic carbocycles. The average molecular weight is 159 g/mol. The van der Waals surface area contributed by atoms with E-state index in [0.717, 1.165) is 6.42 Å². The molecule has 64 valence electrons. The highest BCUT2D eigenvalue weighted by Crippen LogP contribution is 2.29. The van der Waals surface area contributed by atoms with Gasteiger partial charge < -0.3 is 19.9 Å². The minimum Gasteiger partial charge on any atom is -0.379 e. The van der Waals surface area contributed by atoms with Gasteiger partial charge in [-0.05, 0) is 0 Å². The van der Waals surface area contributed by atoms with Crippen molar-refractivity contribution in [2.24, 2.45) is 5.73 Å². The van der Waals surface area contributed by atoms with Crippen molar-refractivity contribution in [2.45, 2.75) is 18.2 Å². The van der Waals surface area contributed by atoms with E-state index in [1.165, 1.54) is 0 Å². The van der Waals surface area contributed by atoms with Gasteiger partial charge in [0.25, 0.3) is 0 Å². The highest BCUT2D eigenvalue weighted by Gasteiger charge is 2.44. The summed E-state index contributed by atoms with van der Waals surface area (Å²) in [6.45, 7) is 2.55. The lowest BCUT2D eigenvalue weighted by molar-refractivity contribution is -0.214. The largest absolute Gasteiger partial charge is 0.379 e. The standard InChI is InChI=1S/C7H13NO3/c8-6-5-9-2-1-7(6)10-3-4-11-7/h6H,1-5,8H2/t6-/m0/s1. The van der Waals surface area contributed by atoms with Gasteiger partial charge in [0, 0.05) is 6.42 Å². The zero-order chi connectivity index (χ0) is 7.73. The van der Waals surface area contributed by atoms with E-state index in [0.29, 0.717) is 26.4 Å². The summed E-state index contributed by atoms with van der Waals surface area (Å²) < 4.78 is 16.1. The molecule has 0 radical (unpaired) electrons. The molecule has 11 heavy (non-hydrogen) atoms. The first kappa shape index (κ1) is 7.49. The van der Waals surface area contributed by atoms with E-state index in [1.807, 2.05) is 0 Å². The van der Waals surface area contributed by atoms with Crippen LogP contribution in [0.3, 0.4) is 0 Å². The van der Waals surface area contributed by atoms with Crippen molar-refractivity contribution >= 4 is 0 Å². The van der Waals surface area contributed by atoms with Crippen LogP contribution in [-0.4, -0.2) is 38.3 Å². The second-order valence-corrected chi connectivity index (χ2v) is 2.94. The van der Waals surface area contributed by atoms with Crippen molar-refractivity contribution in [2.75, 3.05) is 26.4 Å². The van der Waals surface area contributed by atoms with Crippen LogP contribution in [0.15, 0.2) is 0 Å². The molecule has 0 unspecified atom stereocenters. The fourth-order valence-electron chi connectivity index (χ4n) is 1.57. The molecule has 0 aliphatic carbocycles. The second-order valence-electron chi connectivity index (χ2n) is 2.94. The Labute approximate surface area is 65.6 Å². The molecular formula is C7H13NO3. The van der Waals surface area contributed by atoms with Crippen LogP contribution in [0.2, 0.25) is 0 Å². The third-order valence-electron chi connectivity index (χ3n) is 2.23. The first-order chi connectivity index (χ1) is 5.33. The van der Waals surface area contributed by atoms with Gasteiger partial charge in [0.15, 0.2) is 5.79 Å². The molecule has 4 nitrogen and oxygen atoms in total. The SMILES string of the molecule is N[C@H]1COCCC12OCCO2. The van der Waals surface area contributed by atoms with Gasteiger partial charge >= 0.3 is 0 Å². The van der Waals surface area contributed by atoms with Crippen LogP contribution < -0.4 is 5.73 Å². The van der Waals surface area contributed by atoms with Gasteiger partial charge in [-0.2, -0.15) is 0 Å². The van der Waals surface area contributed by atoms with Crippen LogP contribution in [-0.2, 0) is 14.2 Å². The summed E-state index contributed by atoms with van der Waals surface area (Å²) in [4.78, 5) is 0. The molecule has 2 rings (SSSR count). The van der Waals surface area contributed by atoms with Gasteiger partial charge in [0.05, 0.1) is 32.5 Å². The lowest BCUT2D eigenvalue weighted by Crippen LogP contribution is -2.55. The molecule has 0 bridgehead atoms. The van der Waals surface area contributed by atoms with Crippen LogP contribution in [0.5, 0.6) is 0 Å². The Morgan fingerprint density at radius 3 is 2.55 bits per heavy atom. The van der Waals surface area contributed by atoms with Gasteiger partial charge in [-0.1, -0.05) is 0 Å². The fourth-order valence-corrected chi connectivity index (χ4v) is 1.57. The van der Waals surface area contributed by atoms with E-state index in [4.69, 9.17) is 19.9 Å². The van der Waals surface area contributed by atoms with E-state index in [9.17, 15) is 0 Å². The first-order valence-corrected chi connectivity index (χ1v) is 3.95. The van der Waals surface area contributed by atoms with Crippen LogP contribution in [0.1, 0.15) is 6.42 Å². The summed E-state index contributed by atoms with van der Waals surface area (Å²) >= 11 is 0. The molecule has 2 saturated heterocycles. The molecule has 0 amide bonds. The Morgan fingerprint density at radius 1 is 1.18 bits per heavy atom. The Morgan fingerprint density at radius 2 is 1.91 bits per heavy atom. The maximum atomic E-state index is 5.80. The maximum absolute atomic E-state index is 5.80. The quantitative estimate of drug-likeness (QED) is 0.516. The molecule has 0 saturated carbocycles. The average Bonchev–Trinajstić information content (AvgIpc) is 2.46. The Balaban J connectivity index is 2.07. The van der Waals surface area contributed by atoms with Crippen molar-refractivity contribution < 1.29 is 14.2 Å². The third kappa shape index (κ3) is 1.16. The summed E-state index contributed by atoms with van der Waals surface area (Å²) in [6.07, 6.45) is 0.758. The monoisotopic (exact) mass is 159 g/mol. The second kappa shape index (κ2) is 2.71. The van der Waals surface area contributed by atoms with Crippen molar-refractivity contribution in [1.29, 1.82) is 0 Å². The topological polar surface area (TPSA) is 53.7 Å². The van der Waals surface area contributed by atoms with Crippen molar-refractivity contribution in [3.05, 3.63) is 0 Å². The molecule has 0 aromatic heterocycles. The number of nitrogens with two attached hydrogens (primary N) is 1. The predicted molar refractivity (Wildman–Crippen MR) is 38.0 cm³/mol. The first-order valence-electron chi connectivity index (χ1n) is 3.95. The van der Waals surface area contributed by atoms with Gasteiger partial charge in [-0.3, -0.25) is 0 Å². The number of rotatable bonds is 0. The van der Waals surface area contributed by atoms with Gasteiger partial charge in [-0.15, -0.1) is 0 Å². The minimum atomic E-state index is -0.516. The summed E-state index contributed by atoms with van der Waals surface area (Å²) in [5, 5.41) is 0.